The van der Waals surface area contributed by atoms with E-state index < -0.39 is 4.92 Å². The second-order valence-electron chi connectivity index (χ2n) is 4.46. The fourth-order valence-electron chi connectivity index (χ4n) is 1.72. The number of carbonyl (C=O) groups is 1. The molecule has 0 aliphatic carbocycles. The van der Waals surface area contributed by atoms with Crippen molar-refractivity contribution in [2.75, 3.05) is 5.06 Å². The molecule has 21 heavy (non-hydrogen) atoms. The molecule has 0 radical (unpaired) electrons. The quantitative estimate of drug-likeness (QED) is 0.465. The topological polar surface area (TPSA) is 72.7 Å². The van der Waals surface area contributed by atoms with Gasteiger partial charge in [0.1, 0.15) is 6.61 Å². The van der Waals surface area contributed by atoms with E-state index in [0.717, 1.165) is 16.2 Å². The first-order chi connectivity index (χ1) is 10.1. The van der Waals surface area contributed by atoms with E-state index in [1.54, 1.807) is 24.3 Å². The second kappa shape index (κ2) is 6.62. The Balaban J connectivity index is 2.01. The van der Waals surface area contributed by atoms with Gasteiger partial charge >= 0.3 is 0 Å². The van der Waals surface area contributed by atoms with Gasteiger partial charge in [-0.25, -0.2) is 0 Å². The van der Waals surface area contributed by atoms with Gasteiger partial charge in [-0.05, 0) is 36.8 Å². The van der Waals surface area contributed by atoms with Crippen LogP contribution in [0.25, 0.3) is 0 Å². The summed E-state index contributed by atoms with van der Waals surface area (Å²) in [5.74, 6) is 0. The number of nitro groups is 1. The predicted octanol–water partition coefficient (Wildman–Crippen LogP) is 3.00. The summed E-state index contributed by atoms with van der Waals surface area (Å²) in [5, 5.41) is 11.7. The van der Waals surface area contributed by atoms with Crippen molar-refractivity contribution in [2.24, 2.45) is 0 Å². The molecule has 0 aromatic heterocycles. The molecule has 0 saturated carbocycles. The van der Waals surface area contributed by atoms with Crippen LogP contribution in [0.5, 0.6) is 0 Å². The third kappa shape index (κ3) is 3.87. The van der Waals surface area contributed by atoms with E-state index in [1.807, 2.05) is 19.1 Å². The molecule has 0 aliphatic rings. The highest BCUT2D eigenvalue weighted by atomic mass is 16.7. The Morgan fingerprint density at radius 1 is 1.14 bits per heavy atom. The number of hydroxylamine groups is 1. The molecule has 0 fully saturated rings. The summed E-state index contributed by atoms with van der Waals surface area (Å²) in [7, 11) is 0. The molecule has 2 rings (SSSR count). The first-order valence-corrected chi connectivity index (χ1v) is 6.27. The van der Waals surface area contributed by atoms with Crippen molar-refractivity contribution in [1.82, 2.24) is 0 Å². The van der Waals surface area contributed by atoms with Crippen LogP contribution in [0.2, 0.25) is 0 Å². The molecule has 6 nitrogen and oxygen atoms in total. The zero-order valence-electron chi connectivity index (χ0n) is 11.4. The molecule has 0 heterocycles. The molecular weight excluding hydrogens is 272 g/mol. The SMILES string of the molecule is Cc1ccc(N(C=O)OCc2ccc([N+](=O)[O-])cc2)cc1. The Labute approximate surface area is 121 Å². The normalized spacial score (nSPS) is 10.1. The van der Waals surface area contributed by atoms with Crippen molar-refractivity contribution in [3.05, 3.63) is 69.8 Å². The summed E-state index contributed by atoms with van der Waals surface area (Å²) in [6.07, 6.45) is 0.579. The number of nitrogens with zero attached hydrogens (tertiary/aromatic N) is 2. The summed E-state index contributed by atoms with van der Waals surface area (Å²) in [5.41, 5.74) is 2.46. The number of hydrogen-bond acceptors (Lipinski definition) is 4. The number of non-ortho nitro benzene ring substituents is 1. The van der Waals surface area contributed by atoms with E-state index in [4.69, 9.17) is 4.84 Å². The monoisotopic (exact) mass is 286 g/mol. The van der Waals surface area contributed by atoms with E-state index in [9.17, 15) is 14.9 Å². The summed E-state index contributed by atoms with van der Waals surface area (Å²) in [6, 6.07) is 13.3. The molecule has 108 valence electrons. The lowest BCUT2D eigenvalue weighted by Crippen LogP contribution is -2.21. The third-order valence-electron chi connectivity index (χ3n) is 2.90. The molecule has 0 saturated heterocycles. The van der Waals surface area contributed by atoms with E-state index in [0.29, 0.717) is 12.1 Å². The lowest BCUT2D eigenvalue weighted by molar-refractivity contribution is -0.384. The molecule has 6 heteroatoms. The minimum absolute atomic E-state index is 0.0181. The summed E-state index contributed by atoms with van der Waals surface area (Å²) >= 11 is 0. The van der Waals surface area contributed by atoms with Crippen molar-refractivity contribution in [3.8, 4) is 0 Å². The molecule has 2 aromatic carbocycles. The van der Waals surface area contributed by atoms with Gasteiger partial charge in [-0.2, -0.15) is 5.06 Å². The van der Waals surface area contributed by atoms with Crippen LogP contribution < -0.4 is 5.06 Å². The van der Waals surface area contributed by atoms with Gasteiger partial charge in [-0.15, -0.1) is 0 Å². The molecule has 2 aromatic rings. The molecule has 1 amide bonds. The van der Waals surface area contributed by atoms with Crippen molar-refractivity contribution in [3.63, 3.8) is 0 Å². The fourth-order valence-corrected chi connectivity index (χ4v) is 1.72. The average Bonchev–Trinajstić information content (AvgIpc) is 2.50. The van der Waals surface area contributed by atoms with Crippen LogP contribution in [0.1, 0.15) is 11.1 Å². The Bertz CT molecular complexity index is 623. The first kappa shape index (κ1) is 14.7. The van der Waals surface area contributed by atoms with Gasteiger partial charge < -0.3 is 0 Å². The third-order valence-corrected chi connectivity index (χ3v) is 2.90. The highest BCUT2D eigenvalue weighted by Crippen LogP contribution is 2.16. The highest BCUT2D eigenvalue weighted by Gasteiger charge is 2.08. The van der Waals surface area contributed by atoms with Crippen molar-refractivity contribution in [2.45, 2.75) is 13.5 Å². The smallest absolute Gasteiger partial charge is 0.269 e. The largest absolute Gasteiger partial charge is 0.276 e. The van der Waals surface area contributed by atoms with Gasteiger partial charge in [-0.1, -0.05) is 17.7 Å². The molecule has 0 bridgehead atoms. The van der Waals surface area contributed by atoms with Gasteiger partial charge in [0.15, 0.2) is 0 Å². The molecular formula is C15H14N2O4. The Hall–Kier alpha value is -2.73. The highest BCUT2D eigenvalue weighted by molar-refractivity contribution is 5.72. The van der Waals surface area contributed by atoms with Crippen molar-refractivity contribution < 1.29 is 14.6 Å². The lowest BCUT2D eigenvalue weighted by Gasteiger charge is -2.17. The van der Waals surface area contributed by atoms with E-state index in [1.165, 1.54) is 12.1 Å². The van der Waals surface area contributed by atoms with Crippen molar-refractivity contribution in [1.29, 1.82) is 0 Å². The summed E-state index contributed by atoms with van der Waals surface area (Å²) in [6.45, 7) is 2.09. The zero-order chi connectivity index (χ0) is 15.2. The predicted molar refractivity (Wildman–Crippen MR) is 77.6 cm³/mol. The summed E-state index contributed by atoms with van der Waals surface area (Å²) in [4.78, 5) is 26.6. The van der Waals surface area contributed by atoms with Crippen LogP contribution in [0.3, 0.4) is 0 Å². The number of benzene rings is 2. The second-order valence-corrected chi connectivity index (χ2v) is 4.46. The Morgan fingerprint density at radius 3 is 2.29 bits per heavy atom. The number of amides is 1. The van der Waals surface area contributed by atoms with E-state index >= 15 is 0 Å². The number of carbonyl (C=O) groups excluding carboxylic acids is 1. The molecule has 0 spiro atoms. The van der Waals surface area contributed by atoms with Crippen LogP contribution in [-0.2, 0) is 16.2 Å². The Kier molecular flexibility index (Phi) is 4.63. The minimum Gasteiger partial charge on any atom is -0.276 e. The number of rotatable bonds is 6. The molecule has 0 atom stereocenters. The first-order valence-electron chi connectivity index (χ1n) is 6.27. The molecule has 0 N–H and O–H groups in total. The summed E-state index contributed by atoms with van der Waals surface area (Å²) < 4.78 is 0. The number of hydrogen-bond donors (Lipinski definition) is 0. The fraction of sp³-hybridized carbons (Fsp3) is 0.133. The Morgan fingerprint density at radius 2 is 1.76 bits per heavy atom. The number of nitro benzene ring substituents is 1. The molecule has 0 unspecified atom stereocenters. The van der Waals surface area contributed by atoms with E-state index in [2.05, 4.69) is 0 Å². The van der Waals surface area contributed by atoms with Gasteiger partial charge in [0.2, 0.25) is 6.41 Å². The average molecular weight is 286 g/mol. The van der Waals surface area contributed by atoms with Crippen molar-refractivity contribution >= 4 is 17.8 Å². The van der Waals surface area contributed by atoms with Gasteiger partial charge in [0.25, 0.3) is 5.69 Å². The molecule has 0 aliphatic heterocycles. The number of anilines is 1. The standard InChI is InChI=1S/C15H14N2O4/c1-12-2-6-14(7-3-12)16(11-18)21-10-13-4-8-15(9-5-13)17(19)20/h2-9,11H,10H2,1H3. The van der Waals surface area contributed by atoms with Crippen LogP contribution in [-0.4, -0.2) is 11.3 Å². The van der Waals surface area contributed by atoms with Crippen LogP contribution in [0, 0.1) is 17.0 Å². The number of aryl methyl sites for hydroxylation is 1. The van der Waals surface area contributed by atoms with Gasteiger partial charge in [0, 0.05) is 12.1 Å². The maximum Gasteiger partial charge on any atom is 0.269 e. The minimum atomic E-state index is -0.464. The van der Waals surface area contributed by atoms with Crippen LogP contribution in [0.15, 0.2) is 48.5 Å². The maximum atomic E-state index is 11.1. The maximum absolute atomic E-state index is 11.1. The van der Waals surface area contributed by atoms with Crippen LogP contribution in [0.4, 0.5) is 11.4 Å². The van der Waals surface area contributed by atoms with E-state index in [-0.39, 0.29) is 12.3 Å². The van der Waals surface area contributed by atoms with Gasteiger partial charge in [0.05, 0.1) is 10.6 Å². The lowest BCUT2D eigenvalue weighted by atomic mass is 10.2. The van der Waals surface area contributed by atoms with Gasteiger partial charge in [-0.3, -0.25) is 19.7 Å². The van der Waals surface area contributed by atoms with Crippen LogP contribution >= 0.6 is 0 Å². The zero-order valence-corrected chi connectivity index (χ0v) is 11.4.